The Morgan fingerprint density at radius 2 is 1.60 bits per heavy atom. The van der Waals surface area contributed by atoms with Gasteiger partial charge < -0.3 is 14.8 Å². The minimum Gasteiger partial charge on any atom is -0.467 e. The molecule has 1 atom stereocenters. The van der Waals surface area contributed by atoms with Gasteiger partial charge in [0.1, 0.15) is 12.6 Å². The van der Waals surface area contributed by atoms with Crippen LogP contribution < -0.4 is 5.32 Å². The lowest BCUT2D eigenvalue weighted by atomic mass is 9.95. The highest BCUT2D eigenvalue weighted by Gasteiger charge is 2.24. The molecule has 30 heavy (non-hydrogen) atoms. The molecule has 0 aliphatic rings. The molecule has 0 heterocycles. The van der Waals surface area contributed by atoms with E-state index in [2.05, 4.69) is 5.32 Å². The van der Waals surface area contributed by atoms with Crippen LogP contribution in [0.5, 0.6) is 0 Å². The van der Waals surface area contributed by atoms with Crippen molar-refractivity contribution >= 4 is 23.7 Å². The van der Waals surface area contributed by atoms with Crippen molar-refractivity contribution in [1.82, 2.24) is 5.32 Å². The third-order valence-corrected chi connectivity index (χ3v) is 4.84. The van der Waals surface area contributed by atoms with Crippen molar-refractivity contribution in [1.29, 1.82) is 0 Å². The standard InChI is InChI=1S/C24H22ClNO4/c1-29-23(27)22(26-24(28)30-16-17-7-3-2-4-8-17)15-19-9-5-6-10-21(19)18-11-13-20(25)14-12-18/h2-14,22H,15-16H2,1H3,(H,26,28)/t22-/m0/s1. The highest BCUT2D eigenvalue weighted by molar-refractivity contribution is 6.30. The number of nitrogens with one attached hydrogen (secondary N) is 1. The zero-order chi connectivity index (χ0) is 21.3. The summed E-state index contributed by atoms with van der Waals surface area (Å²) in [5.74, 6) is -0.544. The molecule has 0 aliphatic carbocycles. The molecule has 5 nitrogen and oxygen atoms in total. The summed E-state index contributed by atoms with van der Waals surface area (Å²) < 4.78 is 10.1. The largest absolute Gasteiger partial charge is 0.467 e. The first-order valence-electron chi connectivity index (χ1n) is 9.45. The monoisotopic (exact) mass is 423 g/mol. The lowest BCUT2D eigenvalue weighted by Gasteiger charge is -2.18. The normalized spacial score (nSPS) is 11.4. The van der Waals surface area contributed by atoms with Gasteiger partial charge in [-0.1, -0.05) is 78.3 Å². The molecule has 0 radical (unpaired) electrons. The van der Waals surface area contributed by atoms with Crippen LogP contribution in [0, 0.1) is 0 Å². The van der Waals surface area contributed by atoms with Crippen molar-refractivity contribution in [3.8, 4) is 11.1 Å². The average Bonchev–Trinajstić information content (AvgIpc) is 2.78. The smallest absolute Gasteiger partial charge is 0.408 e. The number of hydrogen-bond acceptors (Lipinski definition) is 4. The van der Waals surface area contributed by atoms with Gasteiger partial charge >= 0.3 is 12.1 Å². The number of carbonyl (C=O) groups is 2. The molecule has 0 fully saturated rings. The van der Waals surface area contributed by atoms with Crippen LogP contribution in [0.2, 0.25) is 5.02 Å². The maximum atomic E-state index is 12.3. The SMILES string of the molecule is COC(=O)[C@H](Cc1ccccc1-c1ccc(Cl)cc1)NC(=O)OCc1ccccc1. The predicted octanol–water partition coefficient (Wildman–Crippen LogP) is 5.02. The van der Waals surface area contributed by atoms with Gasteiger partial charge in [0.2, 0.25) is 0 Å². The van der Waals surface area contributed by atoms with E-state index in [0.717, 1.165) is 22.3 Å². The number of carbonyl (C=O) groups excluding carboxylic acids is 2. The molecule has 0 aromatic heterocycles. The van der Waals surface area contributed by atoms with E-state index in [1.807, 2.05) is 78.9 Å². The van der Waals surface area contributed by atoms with Crippen LogP contribution in [-0.2, 0) is 27.3 Å². The molecule has 0 spiro atoms. The van der Waals surface area contributed by atoms with Crippen LogP contribution in [0.25, 0.3) is 11.1 Å². The van der Waals surface area contributed by atoms with E-state index in [4.69, 9.17) is 21.1 Å². The molecule has 1 amide bonds. The zero-order valence-corrected chi connectivity index (χ0v) is 17.3. The van der Waals surface area contributed by atoms with Gasteiger partial charge in [-0.25, -0.2) is 9.59 Å². The number of halogens is 1. The summed E-state index contributed by atoms with van der Waals surface area (Å²) >= 11 is 5.99. The van der Waals surface area contributed by atoms with E-state index >= 15 is 0 Å². The van der Waals surface area contributed by atoms with Crippen LogP contribution in [0.15, 0.2) is 78.9 Å². The molecule has 1 N–H and O–H groups in total. The number of ether oxygens (including phenoxy) is 2. The minimum absolute atomic E-state index is 0.113. The molecule has 3 aromatic carbocycles. The number of amides is 1. The fraction of sp³-hybridized carbons (Fsp3) is 0.167. The molecule has 0 bridgehead atoms. The molecule has 0 saturated heterocycles. The Bertz CT molecular complexity index is 990. The molecule has 3 rings (SSSR count). The van der Waals surface area contributed by atoms with Crippen LogP contribution in [-0.4, -0.2) is 25.2 Å². The molecule has 0 unspecified atom stereocenters. The second kappa shape index (κ2) is 10.5. The molecular weight excluding hydrogens is 402 g/mol. The Kier molecular flexibility index (Phi) is 7.46. The third-order valence-electron chi connectivity index (χ3n) is 4.59. The molecule has 0 aliphatic heterocycles. The number of benzene rings is 3. The van der Waals surface area contributed by atoms with Crippen molar-refractivity contribution in [2.45, 2.75) is 19.1 Å². The van der Waals surface area contributed by atoms with Crippen LogP contribution in [0.4, 0.5) is 4.79 Å². The van der Waals surface area contributed by atoms with Gasteiger partial charge in [0.15, 0.2) is 0 Å². The third kappa shape index (κ3) is 5.84. The summed E-state index contributed by atoms with van der Waals surface area (Å²) in [5.41, 5.74) is 3.65. The van der Waals surface area contributed by atoms with E-state index < -0.39 is 18.1 Å². The highest BCUT2D eigenvalue weighted by atomic mass is 35.5. The predicted molar refractivity (Wildman–Crippen MR) is 116 cm³/mol. The Morgan fingerprint density at radius 1 is 0.933 bits per heavy atom. The second-order valence-corrected chi connectivity index (χ2v) is 7.09. The van der Waals surface area contributed by atoms with Gasteiger partial charge in [0.25, 0.3) is 0 Å². The van der Waals surface area contributed by atoms with Crippen molar-refractivity contribution in [2.75, 3.05) is 7.11 Å². The quantitative estimate of drug-likeness (QED) is 0.542. The number of methoxy groups -OCH3 is 1. The van der Waals surface area contributed by atoms with Crippen LogP contribution in [0.3, 0.4) is 0 Å². The minimum atomic E-state index is -0.883. The summed E-state index contributed by atoms with van der Waals surface area (Å²) in [5, 5.41) is 3.26. The highest BCUT2D eigenvalue weighted by Crippen LogP contribution is 2.26. The molecule has 3 aromatic rings. The maximum Gasteiger partial charge on any atom is 0.408 e. The number of alkyl carbamates (subject to hydrolysis) is 1. The fourth-order valence-corrected chi connectivity index (χ4v) is 3.20. The summed E-state index contributed by atoms with van der Waals surface area (Å²) in [4.78, 5) is 24.6. The first-order chi connectivity index (χ1) is 14.6. The molecule has 6 heteroatoms. The van der Waals surface area contributed by atoms with Crippen LogP contribution in [0.1, 0.15) is 11.1 Å². The van der Waals surface area contributed by atoms with Gasteiger partial charge in [0, 0.05) is 11.4 Å². The van der Waals surface area contributed by atoms with Crippen molar-refractivity contribution in [3.63, 3.8) is 0 Å². The Labute approximate surface area is 180 Å². The lowest BCUT2D eigenvalue weighted by molar-refractivity contribution is -0.143. The summed E-state index contributed by atoms with van der Waals surface area (Å²) in [6.45, 7) is 0.113. The summed E-state index contributed by atoms with van der Waals surface area (Å²) in [6.07, 6.45) is -0.426. The van der Waals surface area contributed by atoms with E-state index in [1.54, 1.807) is 0 Å². The van der Waals surface area contributed by atoms with E-state index in [9.17, 15) is 9.59 Å². The van der Waals surface area contributed by atoms with E-state index in [-0.39, 0.29) is 13.0 Å². The summed E-state index contributed by atoms with van der Waals surface area (Å²) in [7, 11) is 1.29. The zero-order valence-electron chi connectivity index (χ0n) is 16.5. The summed E-state index contributed by atoms with van der Waals surface area (Å²) in [6, 6.07) is 23.6. The van der Waals surface area contributed by atoms with Gasteiger partial charge in [-0.05, 0) is 34.4 Å². The number of rotatable bonds is 7. The molecule has 0 saturated carbocycles. The Morgan fingerprint density at radius 3 is 2.30 bits per heavy atom. The first kappa shape index (κ1) is 21.4. The fourth-order valence-electron chi connectivity index (χ4n) is 3.07. The van der Waals surface area contributed by atoms with E-state index in [0.29, 0.717) is 5.02 Å². The number of esters is 1. The topological polar surface area (TPSA) is 64.6 Å². The van der Waals surface area contributed by atoms with Crippen molar-refractivity contribution < 1.29 is 19.1 Å². The van der Waals surface area contributed by atoms with Gasteiger partial charge in [-0.15, -0.1) is 0 Å². The average molecular weight is 424 g/mol. The lowest BCUT2D eigenvalue weighted by Crippen LogP contribution is -2.43. The van der Waals surface area contributed by atoms with E-state index in [1.165, 1.54) is 7.11 Å². The first-order valence-corrected chi connectivity index (χ1v) is 9.83. The Balaban J connectivity index is 1.73. The van der Waals surface area contributed by atoms with Gasteiger partial charge in [-0.3, -0.25) is 0 Å². The van der Waals surface area contributed by atoms with Crippen molar-refractivity contribution in [2.24, 2.45) is 0 Å². The number of hydrogen-bond donors (Lipinski definition) is 1. The van der Waals surface area contributed by atoms with Crippen molar-refractivity contribution in [3.05, 3.63) is 95.0 Å². The van der Waals surface area contributed by atoms with Gasteiger partial charge in [0.05, 0.1) is 7.11 Å². The van der Waals surface area contributed by atoms with Crippen LogP contribution >= 0.6 is 11.6 Å². The second-order valence-electron chi connectivity index (χ2n) is 6.65. The Hall–Kier alpha value is -3.31. The van der Waals surface area contributed by atoms with Gasteiger partial charge in [-0.2, -0.15) is 0 Å². The molecule has 154 valence electrons. The molecular formula is C24H22ClNO4. The maximum absolute atomic E-state index is 12.3.